The molecule has 2 aromatic carbocycles. The van der Waals surface area contributed by atoms with Gasteiger partial charge in [0.05, 0.1) is 12.6 Å². The fraction of sp³-hybridized carbons (Fsp3) is 0.250. The zero-order valence-electron chi connectivity index (χ0n) is 14.0. The molecular formula is C20H22N2O2. The Morgan fingerprint density at radius 1 is 1.12 bits per heavy atom. The van der Waals surface area contributed by atoms with Crippen LogP contribution in [0.25, 0.3) is 0 Å². The van der Waals surface area contributed by atoms with Gasteiger partial charge in [-0.05, 0) is 37.1 Å². The standard InChI is InChI=1S/C20H22N2O2/c1-3-15(2)19-22(20(23)21-17-12-8-5-9-13-17)18(14-24-19)16-10-6-4-7-11-16/h3-13,18-19H,14H2,1-2H3,(H,21,23)/b15-3-/t18-,19+/m1/s1. The van der Waals surface area contributed by atoms with Crippen LogP contribution in [0.4, 0.5) is 10.5 Å². The Kier molecular flexibility index (Phi) is 4.96. The minimum absolute atomic E-state index is 0.102. The first-order valence-electron chi connectivity index (χ1n) is 8.14. The van der Waals surface area contributed by atoms with E-state index in [1.54, 1.807) is 4.90 Å². The van der Waals surface area contributed by atoms with Gasteiger partial charge in [0.25, 0.3) is 0 Å². The molecule has 124 valence electrons. The first kappa shape index (κ1) is 16.3. The molecule has 2 atom stereocenters. The maximum atomic E-state index is 12.9. The van der Waals surface area contributed by atoms with Gasteiger partial charge in [-0.3, -0.25) is 4.90 Å². The molecule has 2 aromatic rings. The summed E-state index contributed by atoms with van der Waals surface area (Å²) in [6.45, 7) is 4.44. The van der Waals surface area contributed by atoms with Crippen molar-refractivity contribution >= 4 is 11.7 Å². The van der Waals surface area contributed by atoms with E-state index in [1.165, 1.54) is 0 Å². The highest BCUT2D eigenvalue weighted by atomic mass is 16.5. The molecular weight excluding hydrogens is 300 g/mol. The summed E-state index contributed by atoms with van der Waals surface area (Å²) in [5.74, 6) is 0. The molecule has 1 heterocycles. The van der Waals surface area contributed by atoms with E-state index in [9.17, 15) is 4.79 Å². The number of nitrogens with one attached hydrogen (secondary N) is 1. The Morgan fingerprint density at radius 3 is 2.38 bits per heavy atom. The van der Waals surface area contributed by atoms with Crippen LogP contribution in [0.15, 0.2) is 72.3 Å². The average molecular weight is 322 g/mol. The number of nitrogens with zero attached hydrogens (tertiary/aromatic N) is 1. The predicted octanol–water partition coefficient (Wildman–Crippen LogP) is 4.58. The monoisotopic (exact) mass is 322 g/mol. The maximum absolute atomic E-state index is 12.9. The molecule has 0 unspecified atom stereocenters. The van der Waals surface area contributed by atoms with Crippen molar-refractivity contribution in [2.75, 3.05) is 11.9 Å². The van der Waals surface area contributed by atoms with Gasteiger partial charge in [0.15, 0.2) is 6.23 Å². The summed E-state index contributed by atoms with van der Waals surface area (Å²) in [6.07, 6.45) is 1.64. The molecule has 24 heavy (non-hydrogen) atoms. The minimum atomic E-state index is -0.344. The quantitative estimate of drug-likeness (QED) is 0.840. The summed E-state index contributed by atoms with van der Waals surface area (Å²) in [6, 6.07) is 19.2. The van der Waals surface area contributed by atoms with Gasteiger partial charge in [0, 0.05) is 5.69 Å². The van der Waals surface area contributed by atoms with E-state index in [0.29, 0.717) is 6.61 Å². The van der Waals surface area contributed by atoms with Crippen molar-refractivity contribution in [3.8, 4) is 0 Å². The molecule has 0 saturated carbocycles. The molecule has 0 radical (unpaired) electrons. The second-order valence-corrected chi connectivity index (χ2v) is 5.85. The van der Waals surface area contributed by atoms with E-state index >= 15 is 0 Å². The predicted molar refractivity (Wildman–Crippen MR) is 95.7 cm³/mol. The second kappa shape index (κ2) is 7.32. The highest BCUT2D eigenvalue weighted by Gasteiger charge is 2.39. The Hall–Kier alpha value is -2.59. The molecule has 4 heteroatoms. The van der Waals surface area contributed by atoms with E-state index in [4.69, 9.17) is 4.74 Å². The number of benzene rings is 2. The van der Waals surface area contributed by atoms with E-state index < -0.39 is 0 Å². The topological polar surface area (TPSA) is 41.6 Å². The number of hydrogen-bond donors (Lipinski definition) is 1. The third kappa shape index (κ3) is 3.34. The van der Waals surface area contributed by atoms with E-state index in [2.05, 4.69) is 5.32 Å². The fourth-order valence-corrected chi connectivity index (χ4v) is 2.89. The SMILES string of the molecule is C/C=C(/C)[C@@H]1OC[C@H](c2ccccc2)N1C(=O)Nc1ccccc1. The Bertz CT molecular complexity index is 713. The van der Waals surface area contributed by atoms with E-state index in [1.807, 2.05) is 80.6 Å². The van der Waals surface area contributed by atoms with E-state index in [0.717, 1.165) is 16.8 Å². The largest absolute Gasteiger partial charge is 0.352 e. The third-order valence-corrected chi connectivity index (χ3v) is 4.29. The van der Waals surface area contributed by atoms with Crippen LogP contribution in [0.3, 0.4) is 0 Å². The molecule has 1 aliphatic rings. The van der Waals surface area contributed by atoms with Crippen LogP contribution in [0.5, 0.6) is 0 Å². The molecule has 3 rings (SSSR count). The van der Waals surface area contributed by atoms with Crippen molar-refractivity contribution in [1.82, 2.24) is 4.90 Å². The van der Waals surface area contributed by atoms with Gasteiger partial charge >= 0.3 is 6.03 Å². The minimum Gasteiger partial charge on any atom is -0.352 e. The van der Waals surface area contributed by atoms with Gasteiger partial charge in [0.1, 0.15) is 0 Å². The summed E-state index contributed by atoms with van der Waals surface area (Å²) in [5, 5.41) is 2.97. The maximum Gasteiger partial charge on any atom is 0.324 e. The zero-order chi connectivity index (χ0) is 16.9. The van der Waals surface area contributed by atoms with Crippen molar-refractivity contribution in [2.45, 2.75) is 26.1 Å². The normalized spacial score (nSPS) is 20.9. The number of urea groups is 1. The Balaban J connectivity index is 1.89. The van der Waals surface area contributed by atoms with Gasteiger partial charge < -0.3 is 10.1 Å². The first-order valence-corrected chi connectivity index (χ1v) is 8.14. The highest BCUT2D eigenvalue weighted by molar-refractivity contribution is 5.90. The molecule has 1 aliphatic heterocycles. The summed E-state index contributed by atoms with van der Waals surface area (Å²) in [4.78, 5) is 14.7. The van der Waals surface area contributed by atoms with Crippen molar-refractivity contribution in [1.29, 1.82) is 0 Å². The molecule has 4 nitrogen and oxygen atoms in total. The molecule has 2 amide bonds. The van der Waals surface area contributed by atoms with Gasteiger partial charge in [0.2, 0.25) is 0 Å². The molecule has 0 aromatic heterocycles. The van der Waals surface area contributed by atoms with Crippen LogP contribution in [-0.2, 0) is 4.74 Å². The fourth-order valence-electron chi connectivity index (χ4n) is 2.89. The number of carbonyl (C=O) groups is 1. The lowest BCUT2D eigenvalue weighted by Gasteiger charge is -2.29. The number of allylic oxidation sites excluding steroid dienone is 1. The van der Waals surface area contributed by atoms with Crippen LogP contribution >= 0.6 is 0 Å². The third-order valence-electron chi connectivity index (χ3n) is 4.29. The second-order valence-electron chi connectivity index (χ2n) is 5.85. The molecule has 0 aliphatic carbocycles. The van der Waals surface area contributed by atoms with Crippen molar-refractivity contribution in [3.63, 3.8) is 0 Å². The van der Waals surface area contributed by atoms with Gasteiger partial charge in [-0.1, -0.05) is 54.6 Å². The lowest BCUT2D eigenvalue weighted by molar-refractivity contribution is 0.0801. The number of anilines is 1. The van der Waals surface area contributed by atoms with E-state index in [-0.39, 0.29) is 18.3 Å². The Morgan fingerprint density at radius 2 is 1.75 bits per heavy atom. The number of amides is 2. The Labute approximate surface area is 142 Å². The van der Waals surface area contributed by atoms with Crippen LogP contribution in [0.2, 0.25) is 0 Å². The van der Waals surface area contributed by atoms with Crippen molar-refractivity contribution in [2.24, 2.45) is 0 Å². The molecule has 0 bridgehead atoms. The summed E-state index contributed by atoms with van der Waals surface area (Å²) < 4.78 is 5.94. The van der Waals surface area contributed by atoms with Crippen LogP contribution in [0, 0.1) is 0 Å². The lowest BCUT2D eigenvalue weighted by atomic mass is 10.1. The summed E-state index contributed by atoms with van der Waals surface area (Å²) in [5.41, 5.74) is 2.88. The number of ether oxygens (including phenoxy) is 1. The van der Waals surface area contributed by atoms with Gasteiger partial charge in [-0.15, -0.1) is 0 Å². The number of para-hydroxylation sites is 1. The van der Waals surface area contributed by atoms with Crippen LogP contribution < -0.4 is 5.32 Å². The van der Waals surface area contributed by atoms with Crippen molar-refractivity contribution in [3.05, 3.63) is 77.9 Å². The summed E-state index contributed by atoms with van der Waals surface area (Å²) >= 11 is 0. The molecule has 0 spiro atoms. The van der Waals surface area contributed by atoms with Gasteiger partial charge in [-0.2, -0.15) is 0 Å². The lowest BCUT2D eigenvalue weighted by Crippen LogP contribution is -2.41. The molecule has 1 N–H and O–H groups in total. The van der Waals surface area contributed by atoms with Crippen LogP contribution in [-0.4, -0.2) is 23.8 Å². The highest BCUT2D eigenvalue weighted by Crippen LogP contribution is 2.33. The number of carbonyl (C=O) groups excluding carboxylic acids is 1. The number of hydrogen-bond acceptors (Lipinski definition) is 2. The molecule has 1 saturated heterocycles. The zero-order valence-corrected chi connectivity index (χ0v) is 14.0. The molecule has 1 fully saturated rings. The summed E-state index contributed by atoms with van der Waals surface area (Å²) in [7, 11) is 0. The first-order chi connectivity index (χ1) is 11.7. The van der Waals surface area contributed by atoms with Crippen molar-refractivity contribution < 1.29 is 9.53 Å². The van der Waals surface area contributed by atoms with Crippen LogP contribution in [0.1, 0.15) is 25.5 Å². The van der Waals surface area contributed by atoms with Gasteiger partial charge in [-0.25, -0.2) is 4.79 Å². The number of rotatable bonds is 3. The average Bonchev–Trinajstić information content (AvgIpc) is 3.08. The smallest absolute Gasteiger partial charge is 0.324 e.